The van der Waals surface area contributed by atoms with Gasteiger partial charge in [-0.15, -0.1) is 0 Å². The van der Waals surface area contributed by atoms with Crippen molar-refractivity contribution in [2.45, 2.75) is 25.9 Å². The maximum absolute atomic E-state index is 10.5. The van der Waals surface area contributed by atoms with E-state index < -0.39 is 6.10 Å². The second-order valence-electron chi connectivity index (χ2n) is 4.49. The van der Waals surface area contributed by atoms with Gasteiger partial charge >= 0.3 is 0 Å². The van der Waals surface area contributed by atoms with Gasteiger partial charge in [0.2, 0.25) is 0 Å². The zero-order chi connectivity index (χ0) is 13.1. The molecule has 0 aliphatic carbocycles. The molecule has 0 aliphatic rings. The Labute approximate surface area is 116 Å². The molecule has 2 nitrogen and oxygen atoms in total. The van der Waals surface area contributed by atoms with Crippen LogP contribution in [0, 0.1) is 6.92 Å². The lowest BCUT2D eigenvalue weighted by atomic mass is 9.91. The number of aromatic nitrogens is 1. The molecule has 0 spiro atoms. The van der Waals surface area contributed by atoms with Crippen LogP contribution in [0.25, 0.3) is 0 Å². The molecule has 1 aromatic heterocycles. The number of pyridine rings is 1. The van der Waals surface area contributed by atoms with Gasteiger partial charge in [-0.25, -0.2) is 0 Å². The molecule has 2 unspecified atom stereocenters. The summed E-state index contributed by atoms with van der Waals surface area (Å²) < 4.78 is 1.03. The molecule has 0 amide bonds. The molecule has 0 fully saturated rings. The van der Waals surface area contributed by atoms with E-state index in [0.717, 1.165) is 21.3 Å². The smallest absolute Gasteiger partial charge is 0.0873 e. The number of aryl methyl sites for hydroxylation is 1. The Kier molecular flexibility index (Phi) is 4.15. The van der Waals surface area contributed by atoms with Crippen LogP contribution in [0.3, 0.4) is 0 Å². The van der Waals surface area contributed by atoms with E-state index in [1.54, 1.807) is 6.20 Å². The summed E-state index contributed by atoms with van der Waals surface area (Å²) in [6.07, 6.45) is 1.22. The zero-order valence-electron chi connectivity index (χ0n) is 10.5. The number of aliphatic hydroxyl groups is 1. The lowest BCUT2D eigenvalue weighted by Crippen LogP contribution is -2.10. The van der Waals surface area contributed by atoms with E-state index in [1.165, 1.54) is 0 Å². The van der Waals surface area contributed by atoms with Crippen molar-refractivity contribution in [3.05, 3.63) is 63.9 Å². The van der Waals surface area contributed by atoms with Gasteiger partial charge in [0.1, 0.15) is 0 Å². The Morgan fingerprint density at radius 1 is 1.22 bits per heavy atom. The molecule has 0 aliphatic heterocycles. The number of hydrogen-bond donors (Lipinski definition) is 1. The van der Waals surface area contributed by atoms with Crippen LogP contribution in [0.1, 0.15) is 35.8 Å². The average Bonchev–Trinajstić information content (AvgIpc) is 2.38. The molecule has 1 aromatic carbocycles. The van der Waals surface area contributed by atoms with E-state index in [9.17, 15) is 5.11 Å². The molecule has 2 aromatic rings. The highest BCUT2D eigenvalue weighted by Gasteiger charge is 2.20. The van der Waals surface area contributed by atoms with Gasteiger partial charge in [0, 0.05) is 22.3 Å². The van der Waals surface area contributed by atoms with E-state index in [4.69, 9.17) is 0 Å². The van der Waals surface area contributed by atoms with Gasteiger partial charge in [-0.2, -0.15) is 0 Å². The number of halogens is 1. The zero-order valence-corrected chi connectivity index (χ0v) is 12.1. The molecule has 0 saturated carbocycles. The maximum atomic E-state index is 10.5. The van der Waals surface area contributed by atoms with Crippen molar-refractivity contribution < 1.29 is 5.11 Å². The third-order valence-corrected chi connectivity index (χ3v) is 3.67. The molecule has 0 radical (unpaired) electrons. The Morgan fingerprint density at radius 2 is 2.00 bits per heavy atom. The number of nitrogens with zero attached hydrogens (tertiary/aromatic N) is 1. The predicted molar refractivity (Wildman–Crippen MR) is 76.5 cm³/mol. The normalized spacial score (nSPS) is 14.2. The topological polar surface area (TPSA) is 33.1 Å². The van der Waals surface area contributed by atoms with Crippen molar-refractivity contribution in [1.29, 1.82) is 0 Å². The van der Waals surface area contributed by atoms with Crippen molar-refractivity contribution in [3.63, 3.8) is 0 Å². The minimum absolute atomic E-state index is 0.0222. The summed E-state index contributed by atoms with van der Waals surface area (Å²) in [6, 6.07) is 11.7. The monoisotopic (exact) mass is 305 g/mol. The largest absolute Gasteiger partial charge is 0.388 e. The van der Waals surface area contributed by atoms with E-state index in [1.807, 2.05) is 50.2 Å². The number of rotatable bonds is 3. The van der Waals surface area contributed by atoms with Crippen molar-refractivity contribution >= 4 is 15.9 Å². The summed E-state index contributed by atoms with van der Waals surface area (Å²) in [7, 11) is 0. The fourth-order valence-corrected chi connectivity index (χ4v) is 2.52. The highest BCUT2D eigenvalue weighted by molar-refractivity contribution is 9.10. The van der Waals surface area contributed by atoms with Crippen LogP contribution in [-0.2, 0) is 0 Å². The summed E-state index contributed by atoms with van der Waals surface area (Å²) in [5, 5.41) is 10.5. The van der Waals surface area contributed by atoms with Gasteiger partial charge in [0.05, 0.1) is 6.10 Å². The highest BCUT2D eigenvalue weighted by Crippen LogP contribution is 2.32. The van der Waals surface area contributed by atoms with Crippen LogP contribution in [0.15, 0.2) is 47.1 Å². The second-order valence-corrected chi connectivity index (χ2v) is 5.40. The molecule has 1 heterocycles. The van der Waals surface area contributed by atoms with E-state index in [-0.39, 0.29) is 5.92 Å². The third kappa shape index (κ3) is 2.79. The van der Waals surface area contributed by atoms with Gasteiger partial charge in [0.15, 0.2) is 0 Å². The minimum atomic E-state index is -0.534. The Balaban J connectivity index is 2.28. The standard InChI is InChI=1S/C15H16BrNO/c1-10-9-12(16)6-7-13(10)15(18)11(2)14-5-3-4-8-17-14/h3-9,11,15,18H,1-2H3. The van der Waals surface area contributed by atoms with Crippen molar-refractivity contribution in [3.8, 4) is 0 Å². The first-order valence-corrected chi connectivity index (χ1v) is 6.74. The number of benzene rings is 1. The molecule has 2 rings (SSSR count). The molecular weight excluding hydrogens is 290 g/mol. The first-order valence-electron chi connectivity index (χ1n) is 5.94. The first kappa shape index (κ1) is 13.2. The molecular formula is C15H16BrNO. The molecule has 18 heavy (non-hydrogen) atoms. The quantitative estimate of drug-likeness (QED) is 0.930. The van der Waals surface area contributed by atoms with Crippen LogP contribution >= 0.6 is 15.9 Å². The van der Waals surface area contributed by atoms with E-state index in [0.29, 0.717) is 0 Å². The Hall–Kier alpha value is -1.19. The summed E-state index contributed by atoms with van der Waals surface area (Å²) in [5.74, 6) is -0.0222. The molecule has 3 heteroatoms. The Morgan fingerprint density at radius 3 is 2.61 bits per heavy atom. The third-order valence-electron chi connectivity index (χ3n) is 3.18. The van der Waals surface area contributed by atoms with Crippen LogP contribution in [0.2, 0.25) is 0 Å². The first-order chi connectivity index (χ1) is 8.59. The fraction of sp³-hybridized carbons (Fsp3) is 0.267. The van der Waals surface area contributed by atoms with Crippen molar-refractivity contribution in [2.24, 2.45) is 0 Å². The van der Waals surface area contributed by atoms with Gasteiger partial charge < -0.3 is 5.11 Å². The molecule has 2 atom stereocenters. The molecule has 1 N–H and O–H groups in total. The average molecular weight is 306 g/mol. The van der Waals surface area contributed by atoms with Crippen LogP contribution in [0.4, 0.5) is 0 Å². The molecule has 0 bridgehead atoms. The predicted octanol–water partition coefficient (Wildman–Crippen LogP) is 3.99. The van der Waals surface area contributed by atoms with Gasteiger partial charge in [-0.3, -0.25) is 4.98 Å². The second kappa shape index (κ2) is 5.63. The van der Waals surface area contributed by atoms with Crippen LogP contribution < -0.4 is 0 Å². The van der Waals surface area contributed by atoms with Crippen LogP contribution in [-0.4, -0.2) is 10.1 Å². The summed E-state index contributed by atoms with van der Waals surface area (Å²) in [4.78, 5) is 4.30. The molecule has 94 valence electrons. The summed E-state index contributed by atoms with van der Waals surface area (Å²) >= 11 is 3.43. The number of aliphatic hydroxyl groups excluding tert-OH is 1. The highest BCUT2D eigenvalue weighted by atomic mass is 79.9. The SMILES string of the molecule is Cc1cc(Br)ccc1C(O)C(C)c1ccccn1. The van der Waals surface area contributed by atoms with Crippen LogP contribution in [0.5, 0.6) is 0 Å². The summed E-state index contributed by atoms with van der Waals surface area (Å²) in [5.41, 5.74) is 2.95. The summed E-state index contributed by atoms with van der Waals surface area (Å²) in [6.45, 7) is 4.00. The fourth-order valence-electron chi connectivity index (χ4n) is 2.05. The van der Waals surface area contributed by atoms with E-state index in [2.05, 4.69) is 20.9 Å². The van der Waals surface area contributed by atoms with Crippen molar-refractivity contribution in [1.82, 2.24) is 4.98 Å². The van der Waals surface area contributed by atoms with Crippen molar-refractivity contribution in [2.75, 3.05) is 0 Å². The minimum Gasteiger partial charge on any atom is -0.388 e. The Bertz CT molecular complexity index is 527. The van der Waals surface area contributed by atoms with Gasteiger partial charge in [0.25, 0.3) is 0 Å². The lowest BCUT2D eigenvalue weighted by molar-refractivity contribution is 0.149. The lowest BCUT2D eigenvalue weighted by Gasteiger charge is -2.20. The van der Waals surface area contributed by atoms with Gasteiger partial charge in [-0.05, 0) is 42.3 Å². The van der Waals surface area contributed by atoms with Gasteiger partial charge in [-0.1, -0.05) is 35.0 Å². The number of hydrogen-bond acceptors (Lipinski definition) is 2. The maximum Gasteiger partial charge on any atom is 0.0873 e. The van der Waals surface area contributed by atoms with E-state index >= 15 is 0 Å². The molecule has 0 saturated heterocycles.